The maximum atomic E-state index is 12.6. The number of carbonyl (C=O) groups excluding carboxylic acids is 2. The third-order valence-electron chi connectivity index (χ3n) is 4.36. The molecule has 3 rings (SSSR count). The first-order valence-corrected chi connectivity index (χ1v) is 8.95. The van der Waals surface area contributed by atoms with Crippen molar-refractivity contribution in [3.63, 3.8) is 0 Å². The monoisotopic (exact) mass is 379 g/mol. The topological polar surface area (TPSA) is 92.4 Å². The number of aromatic nitrogens is 2. The first-order chi connectivity index (χ1) is 13.5. The number of benzene rings is 2. The maximum Gasteiger partial charge on any atom is 0.359 e. The van der Waals surface area contributed by atoms with Crippen molar-refractivity contribution in [3.8, 4) is 0 Å². The van der Waals surface area contributed by atoms with Crippen molar-refractivity contribution in [1.29, 1.82) is 0 Å². The fourth-order valence-electron chi connectivity index (χ4n) is 2.89. The van der Waals surface area contributed by atoms with Crippen LogP contribution in [0.25, 0.3) is 10.8 Å². The van der Waals surface area contributed by atoms with E-state index in [0.717, 1.165) is 5.56 Å². The molecule has 7 heteroatoms. The summed E-state index contributed by atoms with van der Waals surface area (Å²) in [5.74, 6) is -1.06. The molecule has 28 heavy (non-hydrogen) atoms. The Morgan fingerprint density at radius 3 is 2.36 bits per heavy atom. The van der Waals surface area contributed by atoms with Gasteiger partial charge in [0.05, 0.1) is 5.39 Å². The second-order valence-corrected chi connectivity index (χ2v) is 6.62. The minimum Gasteiger partial charge on any atom is -0.451 e. The van der Waals surface area contributed by atoms with Crippen molar-refractivity contribution >= 4 is 22.6 Å². The number of rotatable bonds is 6. The molecule has 0 atom stereocenters. The molecule has 0 spiro atoms. The lowest BCUT2D eigenvalue weighted by Crippen LogP contribution is -2.39. The van der Waals surface area contributed by atoms with Crippen LogP contribution in [0.2, 0.25) is 0 Å². The van der Waals surface area contributed by atoms with Gasteiger partial charge in [-0.1, -0.05) is 48.5 Å². The van der Waals surface area contributed by atoms with E-state index in [-0.39, 0.29) is 17.6 Å². The number of hydrogen-bond donors (Lipinski definition) is 1. The fourth-order valence-corrected chi connectivity index (χ4v) is 2.89. The van der Waals surface area contributed by atoms with Crippen LogP contribution in [0.5, 0.6) is 0 Å². The van der Waals surface area contributed by atoms with E-state index in [1.807, 2.05) is 44.2 Å². The number of H-pyrrole nitrogens is 1. The lowest BCUT2D eigenvalue weighted by atomic mass is 10.1. The van der Waals surface area contributed by atoms with E-state index in [0.29, 0.717) is 17.3 Å². The summed E-state index contributed by atoms with van der Waals surface area (Å²) in [6.07, 6.45) is 0. The van der Waals surface area contributed by atoms with Crippen LogP contribution in [0.1, 0.15) is 29.9 Å². The smallest absolute Gasteiger partial charge is 0.359 e. The number of nitrogens with one attached hydrogen (secondary N) is 1. The van der Waals surface area contributed by atoms with Gasteiger partial charge in [-0.15, -0.1) is 0 Å². The summed E-state index contributed by atoms with van der Waals surface area (Å²) in [4.78, 5) is 38.5. The summed E-state index contributed by atoms with van der Waals surface area (Å²) in [6, 6.07) is 16.1. The predicted molar refractivity (Wildman–Crippen MR) is 105 cm³/mol. The van der Waals surface area contributed by atoms with E-state index in [2.05, 4.69) is 10.2 Å². The van der Waals surface area contributed by atoms with Crippen molar-refractivity contribution in [2.75, 3.05) is 6.61 Å². The van der Waals surface area contributed by atoms with Crippen molar-refractivity contribution in [2.24, 2.45) is 0 Å². The van der Waals surface area contributed by atoms with Gasteiger partial charge in [-0.2, -0.15) is 5.10 Å². The summed E-state index contributed by atoms with van der Waals surface area (Å²) in [7, 11) is 0. The van der Waals surface area contributed by atoms with Gasteiger partial charge >= 0.3 is 5.97 Å². The zero-order valence-corrected chi connectivity index (χ0v) is 15.7. The molecule has 0 aliphatic heterocycles. The molecule has 0 unspecified atom stereocenters. The van der Waals surface area contributed by atoms with Crippen LogP contribution in [-0.4, -0.2) is 39.6 Å². The van der Waals surface area contributed by atoms with E-state index < -0.39 is 18.1 Å². The SMILES string of the molecule is CC(C)N(Cc1ccccc1)C(=O)COC(=O)c1n[nH]c(=O)c2ccccc12. The second-order valence-electron chi connectivity index (χ2n) is 6.62. The van der Waals surface area contributed by atoms with Crippen LogP contribution >= 0.6 is 0 Å². The first kappa shape index (κ1) is 19.3. The Balaban J connectivity index is 1.72. The Kier molecular flexibility index (Phi) is 5.84. The lowest BCUT2D eigenvalue weighted by molar-refractivity contribution is -0.136. The standard InChI is InChI=1S/C21H21N3O4/c1-14(2)24(12-15-8-4-3-5-9-15)18(25)13-28-21(27)19-16-10-6-7-11-17(16)20(26)23-22-19/h3-11,14H,12-13H2,1-2H3,(H,23,26). The highest BCUT2D eigenvalue weighted by Crippen LogP contribution is 2.14. The Hall–Kier alpha value is -3.48. The minimum absolute atomic E-state index is 0.0258. The van der Waals surface area contributed by atoms with E-state index >= 15 is 0 Å². The van der Waals surface area contributed by atoms with Crippen LogP contribution < -0.4 is 5.56 Å². The van der Waals surface area contributed by atoms with Crippen LogP contribution in [0.4, 0.5) is 0 Å². The molecule has 1 amide bonds. The minimum atomic E-state index is -0.760. The molecule has 0 radical (unpaired) electrons. The number of fused-ring (bicyclic) bond motifs is 1. The number of esters is 1. The number of nitrogens with zero attached hydrogens (tertiary/aromatic N) is 2. The molecule has 0 aliphatic carbocycles. The van der Waals surface area contributed by atoms with E-state index in [1.54, 1.807) is 29.2 Å². The molecule has 0 saturated heterocycles. The van der Waals surface area contributed by atoms with Crippen molar-refractivity contribution in [3.05, 3.63) is 76.2 Å². The Bertz CT molecular complexity index is 1040. The van der Waals surface area contributed by atoms with Gasteiger partial charge in [0.25, 0.3) is 11.5 Å². The lowest BCUT2D eigenvalue weighted by Gasteiger charge is -2.26. The zero-order chi connectivity index (χ0) is 20.1. The molecule has 1 N–H and O–H groups in total. The molecule has 2 aromatic carbocycles. The Labute approximate surface area is 161 Å². The highest BCUT2D eigenvalue weighted by molar-refractivity contribution is 6.02. The van der Waals surface area contributed by atoms with Crippen LogP contribution in [-0.2, 0) is 16.1 Å². The molecular weight excluding hydrogens is 358 g/mol. The molecule has 3 aromatic rings. The van der Waals surface area contributed by atoms with Gasteiger partial charge < -0.3 is 9.64 Å². The molecule has 7 nitrogen and oxygen atoms in total. The summed E-state index contributed by atoms with van der Waals surface area (Å²) in [5, 5.41) is 6.80. The highest BCUT2D eigenvalue weighted by Gasteiger charge is 2.21. The van der Waals surface area contributed by atoms with Gasteiger partial charge in [0.15, 0.2) is 12.3 Å². The van der Waals surface area contributed by atoms with Gasteiger partial charge in [-0.05, 0) is 25.5 Å². The summed E-state index contributed by atoms with van der Waals surface area (Å²) >= 11 is 0. The number of carbonyl (C=O) groups is 2. The third-order valence-corrected chi connectivity index (χ3v) is 4.36. The molecule has 0 fully saturated rings. The molecule has 0 aliphatic rings. The Morgan fingerprint density at radius 1 is 1.04 bits per heavy atom. The van der Waals surface area contributed by atoms with Crippen LogP contribution in [0, 0.1) is 0 Å². The quantitative estimate of drug-likeness (QED) is 0.665. The fraction of sp³-hybridized carbons (Fsp3) is 0.238. The van der Waals surface area contributed by atoms with Gasteiger partial charge in [0.2, 0.25) is 0 Å². The van der Waals surface area contributed by atoms with Gasteiger partial charge in [0, 0.05) is 18.0 Å². The number of ether oxygens (including phenoxy) is 1. The summed E-state index contributed by atoms with van der Waals surface area (Å²) in [6.45, 7) is 3.83. The molecule has 1 aromatic heterocycles. The van der Waals surface area contributed by atoms with E-state index in [1.165, 1.54) is 0 Å². The number of aromatic amines is 1. The molecule has 1 heterocycles. The normalized spacial score (nSPS) is 10.8. The van der Waals surface area contributed by atoms with E-state index in [9.17, 15) is 14.4 Å². The van der Waals surface area contributed by atoms with Crippen LogP contribution in [0.3, 0.4) is 0 Å². The van der Waals surface area contributed by atoms with Gasteiger partial charge in [-0.3, -0.25) is 9.59 Å². The van der Waals surface area contributed by atoms with Gasteiger partial charge in [0.1, 0.15) is 0 Å². The van der Waals surface area contributed by atoms with Crippen LogP contribution in [0.15, 0.2) is 59.4 Å². The molecule has 0 bridgehead atoms. The summed E-state index contributed by atoms with van der Waals surface area (Å²) in [5.41, 5.74) is 0.573. The average Bonchev–Trinajstić information content (AvgIpc) is 2.71. The Morgan fingerprint density at radius 2 is 1.68 bits per heavy atom. The highest BCUT2D eigenvalue weighted by atomic mass is 16.5. The predicted octanol–water partition coefficient (Wildman–Crippen LogP) is 2.52. The summed E-state index contributed by atoms with van der Waals surface area (Å²) < 4.78 is 5.19. The van der Waals surface area contributed by atoms with E-state index in [4.69, 9.17) is 4.74 Å². The first-order valence-electron chi connectivity index (χ1n) is 8.95. The second kappa shape index (κ2) is 8.47. The maximum absolute atomic E-state index is 12.6. The molecular formula is C21H21N3O4. The van der Waals surface area contributed by atoms with Crippen molar-refractivity contribution < 1.29 is 14.3 Å². The zero-order valence-electron chi connectivity index (χ0n) is 15.7. The van der Waals surface area contributed by atoms with Gasteiger partial charge in [-0.25, -0.2) is 9.89 Å². The number of hydrogen-bond acceptors (Lipinski definition) is 5. The third kappa shape index (κ3) is 4.25. The average molecular weight is 379 g/mol. The number of amides is 1. The molecule has 144 valence electrons. The molecule has 0 saturated carbocycles. The van der Waals surface area contributed by atoms with Crippen molar-refractivity contribution in [2.45, 2.75) is 26.4 Å². The largest absolute Gasteiger partial charge is 0.451 e. The van der Waals surface area contributed by atoms with Crippen molar-refractivity contribution in [1.82, 2.24) is 15.1 Å².